The van der Waals surface area contributed by atoms with E-state index >= 15 is 0 Å². The maximum absolute atomic E-state index is 14.0. The minimum absolute atomic E-state index is 0.0969. The first kappa shape index (κ1) is 20.7. The zero-order valence-electron chi connectivity index (χ0n) is 17.3. The zero-order chi connectivity index (χ0) is 22.0. The van der Waals surface area contributed by atoms with Crippen molar-refractivity contribution in [3.8, 4) is 11.3 Å². The molecule has 1 unspecified atom stereocenters. The molecule has 0 aliphatic carbocycles. The molecule has 2 N–H and O–H groups in total. The van der Waals surface area contributed by atoms with Crippen molar-refractivity contribution in [2.45, 2.75) is 26.5 Å². The molecule has 0 bridgehead atoms. The Bertz CT molecular complexity index is 1110. The highest BCUT2D eigenvalue weighted by Gasteiger charge is 2.31. The Labute approximate surface area is 178 Å². The standard InChI is InChI=1S/C21H23FN6O3/c1-3-28-11-18(13(2)26-28)23-20(29)19-12-27(8-9-31-19)21(30)17-10-16(24-25-17)14-6-4-5-7-15(14)22/h4-7,10-11,19H,3,8-9,12H2,1-2H3,(H,23,29)(H,24,25). The first-order valence-corrected chi connectivity index (χ1v) is 10.0. The Morgan fingerprint density at radius 3 is 2.90 bits per heavy atom. The number of nitrogens with zero attached hydrogens (tertiary/aromatic N) is 4. The second-order valence-corrected chi connectivity index (χ2v) is 7.23. The molecule has 2 aromatic heterocycles. The number of carbonyl (C=O) groups is 2. The van der Waals surface area contributed by atoms with Crippen LogP contribution >= 0.6 is 0 Å². The van der Waals surface area contributed by atoms with Crippen LogP contribution < -0.4 is 5.32 Å². The lowest BCUT2D eigenvalue weighted by Gasteiger charge is -2.31. The van der Waals surface area contributed by atoms with Gasteiger partial charge < -0.3 is 15.0 Å². The molecule has 162 valence electrons. The summed E-state index contributed by atoms with van der Waals surface area (Å²) in [7, 11) is 0. The zero-order valence-corrected chi connectivity index (χ0v) is 17.3. The SMILES string of the molecule is CCn1cc(NC(=O)C2CN(C(=O)c3cc(-c4ccccc4F)n[nH]3)CCO2)c(C)n1. The Morgan fingerprint density at radius 2 is 2.16 bits per heavy atom. The lowest BCUT2D eigenvalue weighted by atomic mass is 10.1. The van der Waals surface area contributed by atoms with Gasteiger partial charge in [-0.1, -0.05) is 12.1 Å². The summed E-state index contributed by atoms with van der Waals surface area (Å²) in [6.07, 6.45) is 0.949. The Morgan fingerprint density at radius 1 is 1.35 bits per heavy atom. The first-order valence-electron chi connectivity index (χ1n) is 10.0. The molecule has 4 rings (SSSR count). The van der Waals surface area contributed by atoms with Crippen LogP contribution in [-0.2, 0) is 16.1 Å². The number of rotatable bonds is 5. The monoisotopic (exact) mass is 426 g/mol. The van der Waals surface area contributed by atoms with Gasteiger partial charge in [0.1, 0.15) is 11.5 Å². The summed E-state index contributed by atoms with van der Waals surface area (Å²) in [6, 6.07) is 7.73. The highest BCUT2D eigenvalue weighted by atomic mass is 19.1. The van der Waals surface area contributed by atoms with E-state index in [4.69, 9.17) is 4.74 Å². The third-order valence-corrected chi connectivity index (χ3v) is 5.13. The van der Waals surface area contributed by atoms with Crippen molar-refractivity contribution in [1.82, 2.24) is 24.9 Å². The highest BCUT2D eigenvalue weighted by molar-refractivity contribution is 5.97. The van der Waals surface area contributed by atoms with E-state index in [1.165, 1.54) is 17.0 Å². The fraction of sp³-hybridized carbons (Fsp3) is 0.333. The molecule has 0 spiro atoms. The molecule has 3 heterocycles. The van der Waals surface area contributed by atoms with Gasteiger partial charge >= 0.3 is 0 Å². The number of benzene rings is 1. The van der Waals surface area contributed by atoms with Crippen LogP contribution in [0.25, 0.3) is 11.3 Å². The molecule has 1 aliphatic heterocycles. The summed E-state index contributed by atoms with van der Waals surface area (Å²) in [5, 5.41) is 13.9. The molecule has 1 saturated heterocycles. The van der Waals surface area contributed by atoms with Gasteiger partial charge in [0.15, 0.2) is 6.10 Å². The third-order valence-electron chi connectivity index (χ3n) is 5.13. The van der Waals surface area contributed by atoms with Crippen LogP contribution in [0, 0.1) is 12.7 Å². The maximum Gasteiger partial charge on any atom is 0.272 e. The normalized spacial score (nSPS) is 16.4. The van der Waals surface area contributed by atoms with Crippen LogP contribution in [0.5, 0.6) is 0 Å². The predicted molar refractivity (Wildman–Crippen MR) is 111 cm³/mol. The molecular weight excluding hydrogens is 403 g/mol. The van der Waals surface area contributed by atoms with E-state index in [1.54, 1.807) is 29.1 Å². The summed E-state index contributed by atoms with van der Waals surface area (Å²) in [6.45, 7) is 5.12. The first-order chi connectivity index (χ1) is 15.0. The smallest absolute Gasteiger partial charge is 0.272 e. The number of amides is 2. The van der Waals surface area contributed by atoms with E-state index in [0.29, 0.717) is 35.7 Å². The van der Waals surface area contributed by atoms with Gasteiger partial charge in [0.2, 0.25) is 0 Å². The van der Waals surface area contributed by atoms with Crippen molar-refractivity contribution in [3.63, 3.8) is 0 Å². The van der Waals surface area contributed by atoms with Gasteiger partial charge in [-0.15, -0.1) is 0 Å². The lowest BCUT2D eigenvalue weighted by Crippen LogP contribution is -2.50. The number of morpholine rings is 1. The fourth-order valence-electron chi connectivity index (χ4n) is 3.42. The summed E-state index contributed by atoms with van der Waals surface area (Å²) in [5.74, 6) is -1.09. The Hall–Kier alpha value is -3.53. The van der Waals surface area contributed by atoms with Crippen molar-refractivity contribution in [2.75, 3.05) is 25.0 Å². The van der Waals surface area contributed by atoms with E-state index in [1.807, 2.05) is 13.8 Å². The fourth-order valence-corrected chi connectivity index (χ4v) is 3.42. The number of carbonyl (C=O) groups excluding carboxylic acids is 2. The van der Waals surface area contributed by atoms with Crippen LogP contribution in [0.2, 0.25) is 0 Å². The maximum atomic E-state index is 14.0. The van der Waals surface area contributed by atoms with E-state index in [0.717, 1.165) is 0 Å². The van der Waals surface area contributed by atoms with Crippen LogP contribution in [0.15, 0.2) is 36.5 Å². The van der Waals surface area contributed by atoms with Gasteiger partial charge in [-0.2, -0.15) is 10.2 Å². The predicted octanol–water partition coefficient (Wildman–Crippen LogP) is 2.22. The largest absolute Gasteiger partial charge is 0.365 e. The molecule has 1 aromatic carbocycles. The lowest BCUT2D eigenvalue weighted by molar-refractivity contribution is -0.131. The average molecular weight is 426 g/mol. The number of halogens is 1. The van der Waals surface area contributed by atoms with Gasteiger partial charge in [-0.3, -0.25) is 19.4 Å². The van der Waals surface area contributed by atoms with Crippen molar-refractivity contribution in [2.24, 2.45) is 0 Å². The Balaban J connectivity index is 1.43. The number of H-pyrrole nitrogens is 1. The minimum atomic E-state index is -0.809. The number of aromatic amines is 1. The van der Waals surface area contributed by atoms with E-state index in [2.05, 4.69) is 20.6 Å². The van der Waals surface area contributed by atoms with Gasteiger partial charge in [-0.05, 0) is 32.0 Å². The molecule has 9 nitrogen and oxygen atoms in total. The summed E-state index contributed by atoms with van der Waals surface area (Å²) in [5.41, 5.74) is 2.19. The molecule has 31 heavy (non-hydrogen) atoms. The van der Waals surface area contributed by atoms with Crippen LogP contribution in [0.4, 0.5) is 10.1 Å². The molecule has 10 heteroatoms. The molecular formula is C21H23FN6O3. The van der Waals surface area contributed by atoms with Gasteiger partial charge in [0.05, 0.1) is 30.2 Å². The van der Waals surface area contributed by atoms with E-state index < -0.39 is 11.9 Å². The topological polar surface area (TPSA) is 105 Å². The van der Waals surface area contributed by atoms with E-state index in [9.17, 15) is 14.0 Å². The summed E-state index contributed by atoms with van der Waals surface area (Å²) in [4.78, 5) is 27.1. The quantitative estimate of drug-likeness (QED) is 0.651. The number of ether oxygens (including phenoxy) is 1. The second kappa shape index (κ2) is 8.68. The number of nitrogens with one attached hydrogen (secondary N) is 2. The number of anilines is 1. The molecule has 0 radical (unpaired) electrons. The van der Waals surface area contributed by atoms with Gasteiger partial charge in [-0.25, -0.2) is 4.39 Å². The highest BCUT2D eigenvalue weighted by Crippen LogP contribution is 2.22. The summed E-state index contributed by atoms with van der Waals surface area (Å²) < 4.78 is 21.3. The minimum Gasteiger partial charge on any atom is -0.365 e. The average Bonchev–Trinajstić information content (AvgIpc) is 3.40. The third kappa shape index (κ3) is 4.33. The van der Waals surface area contributed by atoms with Crippen LogP contribution in [0.1, 0.15) is 23.1 Å². The van der Waals surface area contributed by atoms with Crippen molar-refractivity contribution in [3.05, 3.63) is 53.7 Å². The molecule has 2 amide bonds. The number of hydrogen-bond donors (Lipinski definition) is 2. The van der Waals surface area contributed by atoms with Crippen molar-refractivity contribution >= 4 is 17.5 Å². The van der Waals surface area contributed by atoms with Crippen LogP contribution in [0.3, 0.4) is 0 Å². The van der Waals surface area contributed by atoms with Crippen molar-refractivity contribution < 1.29 is 18.7 Å². The van der Waals surface area contributed by atoms with Gasteiger partial charge in [0.25, 0.3) is 11.8 Å². The van der Waals surface area contributed by atoms with Crippen LogP contribution in [-0.4, -0.2) is 62.5 Å². The van der Waals surface area contributed by atoms with Gasteiger partial charge in [0, 0.05) is 24.8 Å². The second-order valence-electron chi connectivity index (χ2n) is 7.23. The number of aromatic nitrogens is 4. The molecule has 0 saturated carbocycles. The van der Waals surface area contributed by atoms with E-state index in [-0.39, 0.29) is 30.7 Å². The van der Waals surface area contributed by atoms with Crippen molar-refractivity contribution in [1.29, 1.82) is 0 Å². The molecule has 1 aliphatic rings. The molecule has 1 fully saturated rings. The number of hydrogen-bond acceptors (Lipinski definition) is 5. The molecule has 1 atom stereocenters. The summed E-state index contributed by atoms with van der Waals surface area (Å²) >= 11 is 0. The number of aryl methyl sites for hydroxylation is 2. The Kier molecular flexibility index (Phi) is 5.81. The molecule has 3 aromatic rings.